The Hall–Kier alpha value is -0.780. The summed E-state index contributed by atoms with van der Waals surface area (Å²) >= 11 is 9.61. The second-order valence-corrected chi connectivity index (χ2v) is 4.78. The second kappa shape index (κ2) is 5.25. The smallest absolute Gasteiger partial charge is 0.150 e. The molecule has 0 aliphatic heterocycles. The molecule has 0 aliphatic carbocycles. The van der Waals surface area contributed by atoms with Gasteiger partial charge in [0.05, 0.1) is 17.0 Å². The molecule has 92 valence electrons. The van der Waals surface area contributed by atoms with Crippen molar-refractivity contribution in [3.05, 3.63) is 21.3 Å². The van der Waals surface area contributed by atoms with E-state index in [4.69, 9.17) is 22.1 Å². The van der Waals surface area contributed by atoms with Gasteiger partial charge >= 0.3 is 0 Å². The van der Waals surface area contributed by atoms with E-state index in [1.165, 1.54) is 0 Å². The van der Waals surface area contributed by atoms with Crippen molar-refractivity contribution in [2.45, 2.75) is 13.3 Å². The highest BCUT2D eigenvalue weighted by Crippen LogP contribution is 2.37. The molecular formula is C11H13BrClN3O. The molecule has 3 N–H and O–H groups in total. The topological polar surface area (TPSA) is 63.9 Å². The van der Waals surface area contributed by atoms with Gasteiger partial charge in [-0.25, -0.2) is 0 Å². The van der Waals surface area contributed by atoms with Gasteiger partial charge in [0.15, 0.2) is 5.75 Å². The van der Waals surface area contributed by atoms with Gasteiger partial charge in [-0.1, -0.05) is 11.6 Å². The Balaban J connectivity index is 2.69. The predicted octanol–water partition coefficient (Wildman–Crippen LogP) is 2.88. The third-order valence-electron chi connectivity index (χ3n) is 2.47. The normalized spacial score (nSPS) is 11.1. The van der Waals surface area contributed by atoms with E-state index in [1.807, 2.05) is 13.0 Å². The van der Waals surface area contributed by atoms with Crippen LogP contribution in [0.1, 0.15) is 12.5 Å². The molecule has 0 saturated heterocycles. The lowest BCUT2D eigenvalue weighted by Gasteiger charge is -2.11. The third kappa shape index (κ3) is 2.27. The average Bonchev–Trinajstić information content (AvgIpc) is 2.67. The molecule has 0 radical (unpaired) electrons. The number of hydrogen-bond acceptors (Lipinski definition) is 3. The van der Waals surface area contributed by atoms with E-state index in [0.717, 1.165) is 33.2 Å². The van der Waals surface area contributed by atoms with Crippen LogP contribution in [0.25, 0.3) is 10.9 Å². The molecule has 17 heavy (non-hydrogen) atoms. The number of fused-ring (bicyclic) bond motifs is 1. The molecule has 1 aromatic heterocycles. The summed E-state index contributed by atoms with van der Waals surface area (Å²) in [5.41, 5.74) is 7.33. The lowest BCUT2D eigenvalue weighted by atomic mass is 10.1. The minimum Gasteiger partial charge on any atom is -0.491 e. The van der Waals surface area contributed by atoms with Gasteiger partial charge in [0.25, 0.3) is 0 Å². The summed E-state index contributed by atoms with van der Waals surface area (Å²) in [5, 5.41) is 8.56. The quantitative estimate of drug-likeness (QED) is 0.911. The predicted molar refractivity (Wildman–Crippen MR) is 72.7 cm³/mol. The average molecular weight is 319 g/mol. The number of halogens is 2. The third-order valence-corrected chi connectivity index (χ3v) is 3.34. The molecule has 0 aliphatic rings. The molecule has 1 heterocycles. The summed E-state index contributed by atoms with van der Waals surface area (Å²) in [4.78, 5) is 0. The van der Waals surface area contributed by atoms with Crippen LogP contribution in [-0.4, -0.2) is 23.3 Å². The van der Waals surface area contributed by atoms with Crippen molar-refractivity contribution in [1.82, 2.24) is 10.2 Å². The Kier molecular flexibility index (Phi) is 3.91. The van der Waals surface area contributed by atoms with Gasteiger partial charge in [0.1, 0.15) is 10.1 Å². The maximum Gasteiger partial charge on any atom is 0.150 e. The zero-order chi connectivity index (χ0) is 12.4. The number of benzene rings is 1. The number of hydrogen-bond donors (Lipinski definition) is 2. The van der Waals surface area contributed by atoms with Gasteiger partial charge in [-0.15, -0.1) is 0 Å². The van der Waals surface area contributed by atoms with Crippen molar-refractivity contribution in [1.29, 1.82) is 0 Å². The van der Waals surface area contributed by atoms with Crippen molar-refractivity contribution in [2.24, 2.45) is 5.73 Å². The van der Waals surface area contributed by atoms with Crippen molar-refractivity contribution < 1.29 is 4.74 Å². The summed E-state index contributed by atoms with van der Waals surface area (Å²) in [6.07, 6.45) is 0.718. The molecule has 2 aromatic rings. The molecule has 1 aromatic carbocycles. The molecule has 0 spiro atoms. The van der Waals surface area contributed by atoms with Crippen molar-refractivity contribution in [2.75, 3.05) is 13.2 Å². The zero-order valence-electron chi connectivity index (χ0n) is 9.39. The maximum absolute atomic E-state index is 6.23. The Bertz CT molecular complexity index is 541. The number of H-pyrrole nitrogens is 1. The van der Waals surface area contributed by atoms with E-state index in [-0.39, 0.29) is 0 Å². The Morgan fingerprint density at radius 1 is 1.59 bits per heavy atom. The lowest BCUT2D eigenvalue weighted by Crippen LogP contribution is -2.06. The molecular weight excluding hydrogens is 305 g/mol. The number of nitrogens with zero attached hydrogens (tertiary/aromatic N) is 1. The van der Waals surface area contributed by atoms with Crippen LogP contribution >= 0.6 is 27.5 Å². The van der Waals surface area contributed by atoms with Crippen LogP contribution in [0.15, 0.2) is 10.7 Å². The highest BCUT2D eigenvalue weighted by Gasteiger charge is 2.16. The van der Waals surface area contributed by atoms with Gasteiger partial charge in [0.2, 0.25) is 0 Å². The molecule has 0 amide bonds. The van der Waals surface area contributed by atoms with Gasteiger partial charge in [0, 0.05) is 0 Å². The van der Waals surface area contributed by atoms with E-state index < -0.39 is 0 Å². The standard InChI is InChI=1S/C11H13BrClN3O/c1-2-17-10-6(3-4-14)5-7(13)8-9(10)15-16-11(8)12/h5H,2-4,14H2,1H3,(H,15,16). The largest absolute Gasteiger partial charge is 0.491 e. The van der Waals surface area contributed by atoms with Crippen LogP contribution in [0.2, 0.25) is 5.02 Å². The van der Waals surface area contributed by atoms with Gasteiger partial charge in [-0.3, -0.25) is 5.10 Å². The first-order valence-corrected chi connectivity index (χ1v) is 6.54. The number of nitrogens with two attached hydrogens (primary N) is 1. The van der Waals surface area contributed by atoms with E-state index in [1.54, 1.807) is 0 Å². The van der Waals surface area contributed by atoms with Crippen molar-refractivity contribution in [3.63, 3.8) is 0 Å². The molecule has 0 unspecified atom stereocenters. The minimum absolute atomic E-state index is 0.549. The number of ether oxygens (including phenoxy) is 1. The van der Waals surface area contributed by atoms with E-state index in [2.05, 4.69) is 26.1 Å². The lowest BCUT2D eigenvalue weighted by molar-refractivity contribution is 0.340. The van der Waals surface area contributed by atoms with E-state index in [9.17, 15) is 0 Å². The molecule has 4 nitrogen and oxygen atoms in total. The summed E-state index contributed by atoms with van der Waals surface area (Å²) < 4.78 is 6.42. The van der Waals surface area contributed by atoms with Crippen molar-refractivity contribution in [3.8, 4) is 5.75 Å². The molecule has 0 bridgehead atoms. The van der Waals surface area contributed by atoms with Crippen LogP contribution in [0.4, 0.5) is 0 Å². The summed E-state index contributed by atoms with van der Waals surface area (Å²) in [6, 6.07) is 1.89. The molecule has 0 saturated carbocycles. The number of nitrogens with one attached hydrogen (secondary N) is 1. The van der Waals surface area contributed by atoms with Crippen LogP contribution in [0.5, 0.6) is 5.75 Å². The first-order chi connectivity index (χ1) is 8.19. The van der Waals surface area contributed by atoms with E-state index >= 15 is 0 Å². The monoisotopic (exact) mass is 317 g/mol. The van der Waals surface area contributed by atoms with Crippen LogP contribution in [0.3, 0.4) is 0 Å². The number of aromatic nitrogens is 2. The first-order valence-electron chi connectivity index (χ1n) is 5.36. The first kappa shape index (κ1) is 12.7. The molecule has 6 heteroatoms. The van der Waals surface area contributed by atoms with E-state index in [0.29, 0.717) is 18.2 Å². The van der Waals surface area contributed by atoms with Crippen LogP contribution in [-0.2, 0) is 6.42 Å². The van der Waals surface area contributed by atoms with Crippen LogP contribution < -0.4 is 10.5 Å². The number of aromatic amines is 1. The Labute approximate surface area is 113 Å². The van der Waals surface area contributed by atoms with Gasteiger partial charge < -0.3 is 10.5 Å². The fraction of sp³-hybridized carbons (Fsp3) is 0.364. The fourth-order valence-corrected chi connectivity index (χ4v) is 2.71. The SMILES string of the molecule is CCOc1c(CCN)cc(Cl)c2c(Br)[nH]nc12. The van der Waals surface area contributed by atoms with Crippen LogP contribution in [0, 0.1) is 0 Å². The summed E-state index contributed by atoms with van der Waals surface area (Å²) in [5.74, 6) is 0.763. The van der Waals surface area contributed by atoms with Gasteiger partial charge in [-0.05, 0) is 47.4 Å². The van der Waals surface area contributed by atoms with Crippen molar-refractivity contribution >= 4 is 38.4 Å². The minimum atomic E-state index is 0.549. The second-order valence-electron chi connectivity index (χ2n) is 3.58. The molecule has 0 fully saturated rings. The highest BCUT2D eigenvalue weighted by molar-refractivity contribution is 9.10. The molecule has 2 rings (SSSR count). The highest BCUT2D eigenvalue weighted by atomic mass is 79.9. The summed E-state index contributed by atoms with van der Waals surface area (Å²) in [7, 11) is 0. The maximum atomic E-state index is 6.23. The Morgan fingerprint density at radius 3 is 3.00 bits per heavy atom. The number of rotatable bonds is 4. The zero-order valence-corrected chi connectivity index (χ0v) is 11.7. The summed E-state index contributed by atoms with van der Waals surface area (Å²) in [6.45, 7) is 3.07. The van der Waals surface area contributed by atoms with Gasteiger partial charge in [-0.2, -0.15) is 5.10 Å². The fourth-order valence-electron chi connectivity index (χ4n) is 1.79. The molecule has 0 atom stereocenters. The Morgan fingerprint density at radius 2 is 2.35 bits per heavy atom.